The number of aryl methyl sites for hydroxylation is 2. The van der Waals surface area contributed by atoms with Gasteiger partial charge in [-0.15, -0.1) is 0 Å². The number of anilines is 1. The third kappa shape index (κ3) is 3.27. The molecule has 4 aromatic rings. The molecule has 4 rings (SSSR count). The van der Waals surface area contributed by atoms with Gasteiger partial charge in [0.2, 0.25) is 0 Å². The number of hydrogen-bond acceptors (Lipinski definition) is 5. The van der Waals surface area contributed by atoms with Crippen LogP contribution in [0.15, 0.2) is 47.5 Å². The molecule has 0 unspecified atom stereocenters. The van der Waals surface area contributed by atoms with Gasteiger partial charge in [0.05, 0.1) is 16.1 Å². The molecule has 28 heavy (non-hydrogen) atoms. The Morgan fingerprint density at radius 2 is 2.07 bits per heavy atom. The molecule has 142 valence electrons. The summed E-state index contributed by atoms with van der Waals surface area (Å²) < 4.78 is 4.93. The molecule has 0 bridgehead atoms. The van der Waals surface area contributed by atoms with Crippen LogP contribution in [0.1, 0.15) is 5.56 Å². The summed E-state index contributed by atoms with van der Waals surface area (Å²) in [6, 6.07) is 9.18. The fraction of sp³-hybridized carbons (Fsp3) is 0.150. The summed E-state index contributed by atoms with van der Waals surface area (Å²) in [5.74, 6) is 0. The molecule has 0 fully saturated rings. The highest BCUT2D eigenvalue weighted by Crippen LogP contribution is 2.37. The Balaban J connectivity index is 2.02. The summed E-state index contributed by atoms with van der Waals surface area (Å²) >= 11 is 8.02. The van der Waals surface area contributed by atoms with Gasteiger partial charge < -0.3 is 9.71 Å². The number of aromatic amines is 1. The number of halogens is 1. The van der Waals surface area contributed by atoms with Crippen molar-refractivity contribution in [1.82, 2.24) is 19.7 Å². The van der Waals surface area contributed by atoms with Crippen molar-refractivity contribution in [3.8, 4) is 22.5 Å². The Morgan fingerprint density at radius 1 is 1.25 bits per heavy atom. The van der Waals surface area contributed by atoms with Gasteiger partial charge in [0.15, 0.2) is 5.43 Å². The Labute approximate surface area is 171 Å². The summed E-state index contributed by atoms with van der Waals surface area (Å²) in [5.41, 5.74) is 5.44. The summed E-state index contributed by atoms with van der Waals surface area (Å²) in [6.07, 6.45) is 5.41. The first-order chi connectivity index (χ1) is 13.5. The van der Waals surface area contributed by atoms with Gasteiger partial charge in [-0.1, -0.05) is 23.5 Å². The molecule has 0 aliphatic heterocycles. The lowest BCUT2D eigenvalue weighted by atomic mass is 9.98. The highest BCUT2D eigenvalue weighted by atomic mass is 35.5. The summed E-state index contributed by atoms with van der Waals surface area (Å²) in [6.45, 7) is 2.00. The molecule has 0 saturated carbocycles. The highest BCUT2D eigenvalue weighted by molar-refractivity contribution is 7.99. The van der Waals surface area contributed by atoms with Crippen molar-refractivity contribution < 1.29 is 0 Å². The average molecular weight is 412 g/mol. The number of rotatable bonds is 4. The fourth-order valence-corrected chi connectivity index (χ4v) is 4.03. The molecule has 1 aromatic carbocycles. The van der Waals surface area contributed by atoms with Crippen molar-refractivity contribution in [2.75, 3.05) is 11.0 Å². The minimum Gasteiger partial charge on any atom is -0.346 e. The molecule has 8 heteroatoms. The van der Waals surface area contributed by atoms with Gasteiger partial charge in [-0.3, -0.25) is 9.48 Å². The Kier molecular flexibility index (Phi) is 4.87. The molecule has 0 spiro atoms. The lowest BCUT2D eigenvalue weighted by Gasteiger charge is -2.14. The van der Waals surface area contributed by atoms with Gasteiger partial charge in [0.1, 0.15) is 17.0 Å². The predicted octanol–water partition coefficient (Wildman–Crippen LogP) is 4.64. The maximum absolute atomic E-state index is 12.4. The lowest BCUT2D eigenvalue weighted by molar-refractivity contribution is 0.770. The van der Waals surface area contributed by atoms with Crippen molar-refractivity contribution >= 4 is 40.3 Å². The van der Waals surface area contributed by atoms with Gasteiger partial charge in [-0.25, -0.2) is 4.98 Å². The van der Waals surface area contributed by atoms with Crippen LogP contribution in [0.25, 0.3) is 33.5 Å². The number of fused-ring (bicyclic) bond motifs is 1. The van der Waals surface area contributed by atoms with E-state index >= 15 is 0 Å². The maximum Gasteiger partial charge on any atom is 0.191 e. The van der Waals surface area contributed by atoms with Gasteiger partial charge in [0.25, 0.3) is 0 Å². The minimum absolute atomic E-state index is 0.0847. The first-order valence-electron chi connectivity index (χ1n) is 8.60. The number of benzene rings is 1. The SMILES string of the molecule is CSNc1c(C)cc(-c2cc3c(=O)cc[nH]c3nc2-c2ccn(C)n2)cc1Cl. The van der Waals surface area contributed by atoms with E-state index in [1.807, 2.05) is 50.7 Å². The number of pyridine rings is 2. The normalized spacial score (nSPS) is 11.1. The zero-order chi connectivity index (χ0) is 19.8. The second-order valence-electron chi connectivity index (χ2n) is 6.45. The second-order valence-corrected chi connectivity index (χ2v) is 7.47. The zero-order valence-corrected chi connectivity index (χ0v) is 17.1. The third-order valence-electron chi connectivity index (χ3n) is 4.50. The molecular formula is C20H18ClN5OS. The van der Waals surface area contributed by atoms with Crippen LogP contribution in [0, 0.1) is 6.92 Å². The van der Waals surface area contributed by atoms with Crippen molar-refractivity contribution in [2.24, 2.45) is 7.05 Å². The molecule has 3 aromatic heterocycles. The Hall–Kier alpha value is -2.77. The quantitative estimate of drug-likeness (QED) is 0.478. The van der Waals surface area contributed by atoms with E-state index in [9.17, 15) is 4.79 Å². The monoisotopic (exact) mass is 411 g/mol. The van der Waals surface area contributed by atoms with Gasteiger partial charge >= 0.3 is 0 Å². The van der Waals surface area contributed by atoms with Crippen LogP contribution < -0.4 is 10.2 Å². The van der Waals surface area contributed by atoms with E-state index in [0.717, 1.165) is 28.1 Å². The molecule has 3 heterocycles. The number of aromatic nitrogens is 4. The summed E-state index contributed by atoms with van der Waals surface area (Å²) in [4.78, 5) is 20.1. The Morgan fingerprint density at radius 3 is 2.75 bits per heavy atom. The molecule has 0 aliphatic carbocycles. The standard InChI is InChI=1S/C20H18ClN5OS/c1-11-8-12(9-15(21)18(11)25-28-3)13-10-14-17(27)4-6-22-20(14)23-19(13)16-5-7-26(2)24-16/h4-10,25H,1-3H3,(H,22,23,27). The van der Waals surface area contributed by atoms with Crippen LogP contribution in [-0.2, 0) is 7.05 Å². The van der Waals surface area contributed by atoms with E-state index in [4.69, 9.17) is 16.6 Å². The van der Waals surface area contributed by atoms with Crippen LogP contribution in [-0.4, -0.2) is 26.0 Å². The molecule has 2 N–H and O–H groups in total. The average Bonchev–Trinajstić information content (AvgIpc) is 3.10. The summed E-state index contributed by atoms with van der Waals surface area (Å²) in [5, 5.41) is 5.64. The van der Waals surface area contributed by atoms with Crippen LogP contribution in [0.2, 0.25) is 5.02 Å². The van der Waals surface area contributed by atoms with E-state index in [1.54, 1.807) is 10.9 Å². The minimum atomic E-state index is -0.0847. The molecule has 6 nitrogen and oxygen atoms in total. The van der Waals surface area contributed by atoms with Crippen LogP contribution in [0.3, 0.4) is 0 Å². The van der Waals surface area contributed by atoms with Crippen LogP contribution >= 0.6 is 23.5 Å². The largest absolute Gasteiger partial charge is 0.346 e. The first kappa shape index (κ1) is 18.6. The van der Waals surface area contributed by atoms with Gasteiger partial charge in [-0.2, -0.15) is 5.10 Å². The molecular weight excluding hydrogens is 394 g/mol. The van der Waals surface area contributed by atoms with Crippen molar-refractivity contribution in [2.45, 2.75) is 6.92 Å². The van der Waals surface area contributed by atoms with Gasteiger partial charge in [-0.05, 0) is 42.3 Å². The molecule has 0 radical (unpaired) electrons. The van der Waals surface area contributed by atoms with Crippen LogP contribution in [0.4, 0.5) is 5.69 Å². The van der Waals surface area contributed by atoms with E-state index in [-0.39, 0.29) is 5.43 Å². The number of hydrogen-bond donors (Lipinski definition) is 2. The van der Waals surface area contributed by atoms with E-state index in [0.29, 0.717) is 21.7 Å². The molecule has 0 saturated heterocycles. The topological polar surface area (TPSA) is 75.6 Å². The lowest BCUT2D eigenvalue weighted by Crippen LogP contribution is -2.04. The number of nitrogens with one attached hydrogen (secondary N) is 2. The zero-order valence-electron chi connectivity index (χ0n) is 15.6. The molecule has 0 atom stereocenters. The van der Waals surface area contributed by atoms with Gasteiger partial charge in [0, 0.05) is 37.3 Å². The maximum atomic E-state index is 12.4. The first-order valence-corrected chi connectivity index (χ1v) is 10.2. The smallest absolute Gasteiger partial charge is 0.191 e. The third-order valence-corrected chi connectivity index (χ3v) is 5.21. The molecule has 0 amide bonds. The van der Waals surface area contributed by atoms with E-state index < -0.39 is 0 Å². The number of nitrogens with zero attached hydrogens (tertiary/aromatic N) is 3. The molecule has 0 aliphatic rings. The van der Waals surface area contributed by atoms with Crippen molar-refractivity contribution in [3.63, 3.8) is 0 Å². The van der Waals surface area contributed by atoms with E-state index in [2.05, 4.69) is 14.8 Å². The second kappa shape index (κ2) is 7.33. The predicted molar refractivity (Wildman–Crippen MR) is 117 cm³/mol. The van der Waals surface area contributed by atoms with E-state index in [1.165, 1.54) is 18.0 Å². The van der Waals surface area contributed by atoms with Crippen molar-refractivity contribution in [3.05, 3.63) is 63.5 Å². The fourth-order valence-electron chi connectivity index (χ4n) is 3.18. The van der Waals surface area contributed by atoms with Crippen molar-refractivity contribution in [1.29, 1.82) is 0 Å². The Bertz CT molecular complexity index is 1220. The summed E-state index contributed by atoms with van der Waals surface area (Å²) in [7, 11) is 1.86. The highest BCUT2D eigenvalue weighted by Gasteiger charge is 2.17. The van der Waals surface area contributed by atoms with Crippen LogP contribution in [0.5, 0.6) is 0 Å². The number of H-pyrrole nitrogens is 1.